The number of nitrogen functional groups attached to an aromatic ring is 1. The largest absolute Gasteiger partial charge is 0.417 e. The van der Waals surface area contributed by atoms with Crippen LogP contribution < -0.4 is 16.4 Å². The molecule has 0 unspecified atom stereocenters. The first-order chi connectivity index (χ1) is 10.1. The van der Waals surface area contributed by atoms with Crippen LogP contribution >= 0.6 is 0 Å². The Morgan fingerprint density at radius 2 is 2.05 bits per heavy atom. The third-order valence-electron chi connectivity index (χ3n) is 3.32. The molecule has 0 aliphatic carbocycles. The van der Waals surface area contributed by atoms with E-state index < -0.39 is 5.76 Å². The summed E-state index contributed by atoms with van der Waals surface area (Å²) in [5.74, 6) is -0.880. The van der Waals surface area contributed by atoms with Gasteiger partial charge in [-0.25, -0.2) is 9.18 Å². The van der Waals surface area contributed by atoms with Crippen molar-refractivity contribution in [3.05, 3.63) is 52.8 Å². The number of aromatic nitrogens is 1. The highest BCUT2D eigenvalue weighted by molar-refractivity contribution is 5.87. The monoisotopic (exact) mass is 287 g/mol. The van der Waals surface area contributed by atoms with Gasteiger partial charge in [-0.3, -0.25) is 4.98 Å². The Morgan fingerprint density at radius 1 is 1.29 bits per heavy atom. The van der Waals surface area contributed by atoms with Crippen molar-refractivity contribution in [2.75, 3.05) is 17.2 Å². The second-order valence-electron chi connectivity index (χ2n) is 4.62. The third kappa shape index (κ3) is 2.24. The van der Waals surface area contributed by atoms with E-state index in [0.29, 0.717) is 34.7 Å². The molecular formula is C15H14FN3O2. The van der Waals surface area contributed by atoms with Crippen LogP contribution in [-0.4, -0.2) is 11.5 Å². The number of fused-ring (bicyclic) bond motifs is 1. The van der Waals surface area contributed by atoms with Gasteiger partial charge in [0.15, 0.2) is 5.58 Å². The van der Waals surface area contributed by atoms with Crippen molar-refractivity contribution in [3.63, 3.8) is 0 Å². The fourth-order valence-corrected chi connectivity index (χ4v) is 2.38. The van der Waals surface area contributed by atoms with E-state index in [1.807, 2.05) is 6.92 Å². The Labute approximate surface area is 119 Å². The van der Waals surface area contributed by atoms with Crippen LogP contribution in [0.2, 0.25) is 0 Å². The van der Waals surface area contributed by atoms with Crippen molar-refractivity contribution in [1.82, 2.24) is 4.98 Å². The third-order valence-corrected chi connectivity index (χ3v) is 3.32. The van der Waals surface area contributed by atoms with E-state index >= 15 is 0 Å². The second kappa shape index (κ2) is 4.97. The first kappa shape index (κ1) is 13.2. The van der Waals surface area contributed by atoms with Crippen LogP contribution in [0.15, 0.2) is 45.6 Å². The first-order valence-corrected chi connectivity index (χ1v) is 6.54. The predicted octanol–water partition coefficient (Wildman–Crippen LogP) is 3.00. The number of oxazole rings is 1. The molecule has 0 fully saturated rings. The second-order valence-corrected chi connectivity index (χ2v) is 4.62. The number of aromatic amines is 1. The zero-order chi connectivity index (χ0) is 15.0. The molecule has 0 saturated carbocycles. The van der Waals surface area contributed by atoms with Crippen LogP contribution in [-0.2, 0) is 0 Å². The Hall–Kier alpha value is -2.76. The van der Waals surface area contributed by atoms with E-state index in [-0.39, 0.29) is 5.82 Å². The molecule has 3 aromatic rings. The number of halogens is 1. The summed E-state index contributed by atoms with van der Waals surface area (Å²) in [5, 5.41) is 0. The standard InChI is InChI=1S/C15H14FN3O2/c1-2-19(12-6-4-3-5-9(12)16)13-8-11-14(7-10(13)17)21-15(20)18-11/h3-8H,2,17H2,1H3,(H,18,20). The lowest BCUT2D eigenvalue weighted by atomic mass is 10.2. The van der Waals surface area contributed by atoms with Crippen LogP contribution in [0.25, 0.3) is 11.1 Å². The van der Waals surface area contributed by atoms with Gasteiger partial charge in [-0.1, -0.05) is 12.1 Å². The van der Waals surface area contributed by atoms with Gasteiger partial charge in [-0.05, 0) is 25.1 Å². The number of rotatable bonds is 3. The van der Waals surface area contributed by atoms with Gasteiger partial charge < -0.3 is 15.1 Å². The summed E-state index contributed by atoms with van der Waals surface area (Å²) in [4.78, 5) is 15.6. The molecule has 3 rings (SSSR count). The number of nitrogens with zero attached hydrogens (tertiary/aromatic N) is 1. The van der Waals surface area contributed by atoms with Crippen LogP contribution in [0, 0.1) is 5.82 Å². The number of hydrogen-bond donors (Lipinski definition) is 2. The molecule has 0 aliphatic heterocycles. The highest BCUT2D eigenvalue weighted by atomic mass is 19.1. The zero-order valence-corrected chi connectivity index (χ0v) is 11.4. The number of hydrogen-bond acceptors (Lipinski definition) is 4. The summed E-state index contributed by atoms with van der Waals surface area (Å²) in [6, 6.07) is 9.72. The van der Waals surface area contributed by atoms with E-state index in [2.05, 4.69) is 4.98 Å². The molecule has 21 heavy (non-hydrogen) atoms. The van der Waals surface area contributed by atoms with E-state index in [4.69, 9.17) is 10.2 Å². The molecule has 0 saturated heterocycles. The molecule has 0 atom stereocenters. The maximum absolute atomic E-state index is 14.0. The highest BCUT2D eigenvalue weighted by Gasteiger charge is 2.16. The van der Waals surface area contributed by atoms with E-state index in [1.54, 1.807) is 35.2 Å². The van der Waals surface area contributed by atoms with Crippen LogP contribution in [0.3, 0.4) is 0 Å². The lowest BCUT2D eigenvalue weighted by Crippen LogP contribution is -2.18. The molecule has 0 amide bonds. The van der Waals surface area contributed by atoms with E-state index in [1.165, 1.54) is 6.07 Å². The molecule has 0 spiro atoms. The van der Waals surface area contributed by atoms with Crippen molar-refractivity contribution >= 4 is 28.2 Å². The summed E-state index contributed by atoms with van der Waals surface area (Å²) in [5.41, 5.74) is 8.38. The Morgan fingerprint density at radius 3 is 2.76 bits per heavy atom. The molecule has 2 aromatic carbocycles. The highest BCUT2D eigenvalue weighted by Crippen LogP contribution is 2.34. The minimum Gasteiger partial charge on any atom is -0.408 e. The van der Waals surface area contributed by atoms with Gasteiger partial charge in [-0.2, -0.15) is 0 Å². The Balaban J connectivity index is 2.19. The lowest BCUT2D eigenvalue weighted by Gasteiger charge is -2.25. The average molecular weight is 287 g/mol. The first-order valence-electron chi connectivity index (χ1n) is 6.54. The normalized spacial score (nSPS) is 11.0. The summed E-state index contributed by atoms with van der Waals surface area (Å²) in [6.45, 7) is 2.42. The smallest absolute Gasteiger partial charge is 0.408 e. The van der Waals surface area contributed by atoms with Crippen molar-refractivity contribution < 1.29 is 8.81 Å². The molecule has 1 heterocycles. The maximum Gasteiger partial charge on any atom is 0.417 e. The van der Waals surface area contributed by atoms with Gasteiger partial charge in [0, 0.05) is 12.6 Å². The van der Waals surface area contributed by atoms with Gasteiger partial charge >= 0.3 is 5.76 Å². The van der Waals surface area contributed by atoms with Crippen LogP contribution in [0.1, 0.15) is 6.92 Å². The lowest BCUT2D eigenvalue weighted by molar-refractivity contribution is 0.555. The molecule has 0 aliphatic rings. The van der Waals surface area contributed by atoms with Gasteiger partial charge in [-0.15, -0.1) is 0 Å². The zero-order valence-electron chi connectivity index (χ0n) is 11.4. The van der Waals surface area contributed by atoms with Crippen molar-refractivity contribution in [2.45, 2.75) is 6.92 Å². The van der Waals surface area contributed by atoms with Gasteiger partial charge in [0.05, 0.1) is 22.6 Å². The number of anilines is 3. The van der Waals surface area contributed by atoms with Gasteiger partial charge in [0.2, 0.25) is 0 Å². The van der Waals surface area contributed by atoms with Crippen molar-refractivity contribution in [2.24, 2.45) is 0 Å². The molecule has 108 valence electrons. The SMILES string of the molecule is CCN(c1cc2[nH]c(=O)oc2cc1N)c1ccccc1F. The topological polar surface area (TPSA) is 75.3 Å². The average Bonchev–Trinajstić information content (AvgIpc) is 2.81. The molecule has 0 radical (unpaired) electrons. The summed E-state index contributed by atoms with van der Waals surface area (Å²) < 4.78 is 19.0. The van der Waals surface area contributed by atoms with Crippen molar-refractivity contribution in [3.8, 4) is 0 Å². The molecule has 1 aromatic heterocycles. The number of nitrogens with two attached hydrogens (primary N) is 1. The maximum atomic E-state index is 14.0. The molecular weight excluding hydrogens is 273 g/mol. The molecule has 6 heteroatoms. The quantitative estimate of drug-likeness (QED) is 0.726. The Kier molecular flexibility index (Phi) is 3.13. The fraction of sp³-hybridized carbons (Fsp3) is 0.133. The van der Waals surface area contributed by atoms with E-state index in [0.717, 1.165) is 0 Å². The molecule has 5 nitrogen and oxygen atoms in total. The molecule has 3 N–H and O–H groups in total. The van der Waals surface area contributed by atoms with Crippen LogP contribution in [0.5, 0.6) is 0 Å². The fourth-order valence-electron chi connectivity index (χ4n) is 2.38. The minimum absolute atomic E-state index is 0.334. The number of nitrogens with one attached hydrogen (secondary N) is 1. The van der Waals surface area contributed by atoms with Crippen molar-refractivity contribution in [1.29, 1.82) is 0 Å². The minimum atomic E-state index is -0.546. The Bertz CT molecular complexity index is 853. The predicted molar refractivity (Wildman–Crippen MR) is 80.3 cm³/mol. The summed E-state index contributed by atoms with van der Waals surface area (Å²) >= 11 is 0. The number of benzene rings is 2. The number of para-hydroxylation sites is 1. The van der Waals surface area contributed by atoms with Gasteiger partial charge in [0.1, 0.15) is 5.82 Å². The number of H-pyrrole nitrogens is 1. The summed E-state index contributed by atoms with van der Waals surface area (Å²) in [6.07, 6.45) is 0. The molecule has 0 bridgehead atoms. The van der Waals surface area contributed by atoms with Crippen LogP contribution in [0.4, 0.5) is 21.5 Å². The van der Waals surface area contributed by atoms with E-state index in [9.17, 15) is 9.18 Å². The summed E-state index contributed by atoms with van der Waals surface area (Å²) in [7, 11) is 0. The van der Waals surface area contributed by atoms with Gasteiger partial charge in [0.25, 0.3) is 0 Å².